The van der Waals surface area contributed by atoms with E-state index in [2.05, 4.69) is 29.8 Å². The van der Waals surface area contributed by atoms with Crippen molar-refractivity contribution in [2.45, 2.75) is 72.1 Å². The molecular weight excluding hydrogens is 372 g/mol. The third-order valence-electron chi connectivity index (χ3n) is 5.36. The molecule has 1 saturated heterocycles. The van der Waals surface area contributed by atoms with Crippen LogP contribution in [-0.2, 0) is 14.4 Å². The maximum atomic E-state index is 12.8. The number of hydrogen-bond donors (Lipinski definition) is 5. The molecule has 0 aromatic rings. The Morgan fingerprint density at radius 3 is 2.28 bits per heavy atom. The molecule has 1 heterocycles. The van der Waals surface area contributed by atoms with E-state index in [1.165, 1.54) is 6.92 Å². The van der Waals surface area contributed by atoms with Crippen LogP contribution in [0.15, 0.2) is 0 Å². The lowest BCUT2D eigenvalue weighted by Gasteiger charge is -2.32. The first-order valence-electron chi connectivity index (χ1n) is 10.8. The zero-order valence-electron chi connectivity index (χ0n) is 18.5. The van der Waals surface area contributed by atoms with E-state index in [1.807, 2.05) is 0 Å². The summed E-state index contributed by atoms with van der Waals surface area (Å²) in [5, 5.41) is 18.7. The van der Waals surface area contributed by atoms with Crippen LogP contribution in [0.1, 0.15) is 53.9 Å². The Morgan fingerprint density at radius 2 is 1.76 bits per heavy atom. The molecule has 1 aliphatic rings. The summed E-state index contributed by atoms with van der Waals surface area (Å²) in [5.41, 5.74) is 5.57. The molecule has 1 fully saturated rings. The van der Waals surface area contributed by atoms with Crippen LogP contribution < -0.4 is 21.7 Å². The molecule has 8 nitrogen and oxygen atoms in total. The van der Waals surface area contributed by atoms with Crippen molar-refractivity contribution in [2.75, 3.05) is 19.6 Å². The van der Waals surface area contributed by atoms with Crippen molar-refractivity contribution in [3.63, 3.8) is 0 Å². The maximum absolute atomic E-state index is 12.8. The molecule has 1 aliphatic heterocycles. The van der Waals surface area contributed by atoms with Gasteiger partial charge >= 0.3 is 0 Å². The second kappa shape index (κ2) is 12.2. The molecular formula is C21H40N4O4. The summed E-state index contributed by atoms with van der Waals surface area (Å²) in [6, 6.07) is -1.84. The minimum Gasteiger partial charge on any atom is -0.391 e. The van der Waals surface area contributed by atoms with Crippen molar-refractivity contribution in [1.82, 2.24) is 16.0 Å². The van der Waals surface area contributed by atoms with Crippen molar-refractivity contribution in [1.29, 1.82) is 0 Å². The average molecular weight is 413 g/mol. The van der Waals surface area contributed by atoms with Crippen molar-refractivity contribution in [3.05, 3.63) is 0 Å². The van der Waals surface area contributed by atoms with Gasteiger partial charge in [0.2, 0.25) is 11.8 Å². The SMILES string of the molecule is CC(C)CC1CNCC(C(=O)N[C@H](C(=O)N[C@@H](CCN)C(=O)C(C)C)[C@H](C)O)C1. The molecule has 0 aromatic heterocycles. The average Bonchev–Trinajstić information content (AvgIpc) is 2.64. The first-order valence-corrected chi connectivity index (χ1v) is 10.8. The predicted molar refractivity (Wildman–Crippen MR) is 113 cm³/mol. The molecule has 0 spiro atoms. The smallest absolute Gasteiger partial charge is 0.245 e. The molecule has 8 heteroatoms. The zero-order valence-corrected chi connectivity index (χ0v) is 18.5. The minimum atomic E-state index is -1.12. The van der Waals surface area contributed by atoms with Gasteiger partial charge in [0, 0.05) is 12.5 Å². The fraction of sp³-hybridized carbons (Fsp3) is 0.857. The molecule has 0 aromatic carbocycles. The first kappa shape index (κ1) is 25.5. The zero-order chi connectivity index (χ0) is 22.1. The van der Waals surface area contributed by atoms with Gasteiger partial charge in [0.15, 0.2) is 5.78 Å². The standard InChI is InChI=1S/C21H40N4O4/c1-12(2)8-15-9-16(11-23-10-15)20(28)25-18(14(5)26)21(29)24-17(6-7-22)19(27)13(3)4/h12-18,23,26H,6-11,22H2,1-5H3,(H,24,29)(H,25,28)/t14-,15?,16?,17-,18-/m0/s1. The van der Waals surface area contributed by atoms with Gasteiger partial charge in [0.05, 0.1) is 18.1 Å². The molecule has 29 heavy (non-hydrogen) atoms. The second-order valence-electron chi connectivity index (χ2n) is 9.01. The highest BCUT2D eigenvalue weighted by molar-refractivity contribution is 5.94. The molecule has 0 saturated carbocycles. The second-order valence-corrected chi connectivity index (χ2v) is 9.01. The van der Waals surface area contributed by atoms with Gasteiger partial charge in [-0.1, -0.05) is 27.7 Å². The van der Waals surface area contributed by atoms with Gasteiger partial charge in [-0.2, -0.15) is 0 Å². The number of nitrogens with one attached hydrogen (secondary N) is 3. The number of nitrogens with two attached hydrogens (primary N) is 1. The summed E-state index contributed by atoms with van der Waals surface area (Å²) in [7, 11) is 0. The van der Waals surface area contributed by atoms with Crippen molar-refractivity contribution < 1.29 is 19.5 Å². The van der Waals surface area contributed by atoms with E-state index in [-0.39, 0.29) is 30.1 Å². The summed E-state index contributed by atoms with van der Waals surface area (Å²) in [6.07, 6.45) is 1.02. The van der Waals surface area contributed by atoms with E-state index in [0.717, 1.165) is 19.4 Å². The van der Waals surface area contributed by atoms with Gasteiger partial charge in [-0.25, -0.2) is 0 Å². The summed E-state index contributed by atoms with van der Waals surface area (Å²) in [6.45, 7) is 11.0. The van der Waals surface area contributed by atoms with E-state index in [4.69, 9.17) is 5.73 Å². The number of Topliss-reactive ketones (excluding diaryl/α,β-unsaturated/α-hetero) is 1. The van der Waals surface area contributed by atoms with Gasteiger partial charge in [0.1, 0.15) is 6.04 Å². The van der Waals surface area contributed by atoms with Crippen LogP contribution in [0.2, 0.25) is 0 Å². The highest BCUT2D eigenvalue weighted by Gasteiger charge is 2.33. The van der Waals surface area contributed by atoms with Crippen LogP contribution in [0.3, 0.4) is 0 Å². The Bertz CT molecular complexity index is 551. The third-order valence-corrected chi connectivity index (χ3v) is 5.36. The Balaban J connectivity index is 2.76. The van der Waals surface area contributed by atoms with Crippen LogP contribution in [0.5, 0.6) is 0 Å². The molecule has 2 amide bonds. The van der Waals surface area contributed by atoms with E-state index in [1.54, 1.807) is 13.8 Å². The van der Waals surface area contributed by atoms with Gasteiger partial charge in [-0.15, -0.1) is 0 Å². The Kier molecular flexibility index (Phi) is 10.8. The van der Waals surface area contributed by atoms with Crippen molar-refractivity contribution >= 4 is 17.6 Å². The number of aliphatic hydroxyl groups is 1. The number of amides is 2. The van der Waals surface area contributed by atoms with Crippen LogP contribution in [0.4, 0.5) is 0 Å². The largest absolute Gasteiger partial charge is 0.391 e. The Labute approximate surface area is 174 Å². The van der Waals surface area contributed by atoms with Crippen LogP contribution >= 0.6 is 0 Å². The normalized spacial score (nSPS) is 22.8. The summed E-state index contributed by atoms with van der Waals surface area (Å²) in [5.74, 6) is -0.474. The summed E-state index contributed by atoms with van der Waals surface area (Å²) in [4.78, 5) is 37.8. The number of carbonyl (C=O) groups excluding carboxylic acids is 3. The third kappa shape index (κ3) is 8.40. The summed E-state index contributed by atoms with van der Waals surface area (Å²) < 4.78 is 0. The topological polar surface area (TPSA) is 134 Å². The molecule has 0 radical (unpaired) electrons. The van der Waals surface area contributed by atoms with Gasteiger partial charge in [-0.05, 0) is 51.1 Å². The molecule has 5 atom stereocenters. The van der Waals surface area contributed by atoms with E-state index in [0.29, 0.717) is 24.8 Å². The number of hydrogen-bond acceptors (Lipinski definition) is 6. The van der Waals surface area contributed by atoms with E-state index in [9.17, 15) is 19.5 Å². The number of rotatable bonds is 11. The Hall–Kier alpha value is -1.51. The maximum Gasteiger partial charge on any atom is 0.245 e. The van der Waals surface area contributed by atoms with Gasteiger partial charge < -0.3 is 26.8 Å². The predicted octanol–water partition coefficient (Wildman–Crippen LogP) is 0.183. The molecule has 1 rings (SSSR count). The van der Waals surface area contributed by atoms with Crippen LogP contribution in [0.25, 0.3) is 0 Å². The van der Waals surface area contributed by atoms with Gasteiger partial charge in [0.25, 0.3) is 0 Å². The molecule has 6 N–H and O–H groups in total. The highest BCUT2D eigenvalue weighted by Crippen LogP contribution is 2.23. The molecule has 0 bridgehead atoms. The number of piperidine rings is 1. The first-order chi connectivity index (χ1) is 13.6. The lowest BCUT2D eigenvalue weighted by molar-refractivity contribution is -0.136. The van der Waals surface area contributed by atoms with E-state index < -0.39 is 24.1 Å². The number of ketones is 1. The highest BCUT2D eigenvalue weighted by atomic mass is 16.3. The molecule has 168 valence electrons. The van der Waals surface area contributed by atoms with Crippen LogP contribution in [0, 0.1) is 23.7 Å². The van der Waals surface area contributed by atoms with Crippen molar-refractivity contribution in [2.24, 2.45) is 29.4 Å². The fourth-order valence-corrected chi connectivity index (χ4v) is 3.87. The lowest BCUT2D eigenvalue weighted by atomic mass is 9.84. The van der Waals surface area contributed by atoms with E-state index >= 15 is 0 Å². The lowest BCUT2D eigenvalue weighted by Crippen LogP contribution is -2.58. The number of aliphatic hydroxyl groups excluding tert-OH is 1. The monoisotopic (exact) mass is 412 g/mol. The summed E-state index contributed by atoms with van der Waals surface area (Å²) >= 11 is 0. The molecule has 2 unspecified atom stereocenters. The quantitative estimate of drug-likeness (QED) is 0.329. The Morgan fingerprint density at radius 1 is 1.10 bits per heavy atom. The number of carbonyl (C=O) groups is 3. The fourth-order valence-electron chi connectivity index (χ4n) is 3.87. The minimum absolute atomic E-state index is 0.118. The molecule has 0 aliphatic carbocycles. The van der Waals surface area contributed by atoms with Crippen molar-refractivity contribution in [3.8, 4) is 0 Å². The van der Waals surface area contributed by atoms with Gasteiger partial charge in [-0.3, -0.25) is 14.4 Å². The van der Waals surface area contributed by atoms with Crippen LogP contribution in [-0.4, -0.2) is 60.5 Å².